The largest absolute Gasteiger partial charge is 0.310 e. The van der Waals surface area contributed by atoms with Crippen molar-refractivity contribution in [1.82, 2.24) is 0 Å². The number of hydrogen-bond acceptors (Lipinski definition) is 1. The zero-order chi connectivity index (χ0) is 34.0. The van der Waals surface area contributed by atoms with Crippen LogP contribution in [0.4, 0.5) is 17.1 Å². The van der Waals surface area contributed by atoms with Gasteiger partial charge in [0.25, 0.3) is 0 Å². The fourth-order valence-electron chi connectivity index (χ4n) is 7.31. The van der Waals surface area contributed by atoms with Gasteiger partial charge in [-0.25, -0.2) is 0 Å². The third-order valence-corrected chi connectivity index (χ3v) is 9.83. The highest BCUT2D eigenvalue weighted by Gasteiger charge is 2.17. The second-order valence-electron chi connectivity index (χ2n) is 13.0. The van der Waals surface area contributed by atoms with Gasteiger partial charge in [0.15, 0.2) is 0 Å². The van der Waals surface area contributed by atoms with Crippen LogP contribution in [0.2, 0.25) is 0 Å². The molecule has 0 amide bonds. The summed E-state index contributed by atoms with van der Waals surface area (Å²) >= 11 is 0. The zero-order valence-electron chi connectivity index (χ0n) is 28.2. The van der Waals surface area contributed by atoms with E-state index in [4.69, 9.17) is 0 Å². The van der Waals surface area contributed by atoms with Crippen molar-refractivity contribution in [2.24, 2.45) is 0 Å². The molecule has 0 unspecified atom stereocenters. The van der Waals surface area contributed by atoms with E-state index in [9.17, 15) is 0 Å². The lowest BCUT2D eigenvalue weighted by Gasteiger charge is -2.27. The molecule has 9 aromatic carbocycles. The summed E-state index contributed by atoms with van der Waals surface area (Å²) in [6, 6.07) is 76.7. The molecule has 0 aromatic heterocycles. The van der Waals surface area contributed by atoms with Crippen LogP contribution in [0.1, 0.15) is 0 Å². The van der Waals surface area contributed by atoms with Crippen molar-refractivity contribution in [1.29, 1.82) is 0 Å². The first-order valence-electron chi connectivity index (χ1n) is 17.5. The van der Waals surface area contributed by atoms with E-state index >= 15 is 0 Å². The van der Waals surface area contributed by atoms with Crippen LogP contribution in [-0.2, 0) is 0 Å². The summed E-state index contributed by atoms with van der Waals surface area (Å²) in [6.45, 7) is 0. The van der Waals surface area contributed by atoms with E-state index in [2.05, 4.69) is 217 Å². The molecule has 1 nitrogen and oxygen atoms in total. The predicted octanol–water partition coefficient (Wildman–Crippen LogP) is 14.1. The highest BCUT2D eigenvalue weighted by atomic mass is 15.1. The maximum Gasteiger partial charge on any atom is 0.0467 e. The molecule has 0 aliphatic heterocycles. The average molecular weight is 650 g/mol. The normalized spacial score (nSPS) is 11.1. The van der Waals surface area contributed by atoms with Gasteiger partial charge in [0.05, 0.1) is 0 Å². The first-order chi connectivity index (χ1) is 25.3. The van der Waals surface area contributed by atoms with Crippen LogP contribution in [0.5, 0.6) is 0 Å². The minimum atomic E-state index is 1.10. The molecule has 0 spiro atoms. The molecule has 0 fully saturated rings. The lowest BCUT2D eigenvalue weighted by Crippen LogP contribution is -2.10. The van der Waals surface area contributed by atoms with Gasteiger partial charge >= 0.3 is 0 Å². The van der Waals surface area contributed by atoms with E-state index in [0.29, 0.717) is 0 Å². The van der Waals surface area contributed by atoms with E-state index in [-0.39, 0.29) is 0 Å². The standard InChI is InChI=1S/C50H35N/c1-3-13-36(14-4-1)42-20-11-22-46(34-42)51(47-23-12-21-43(35-47)44-26-25-37-15-7-8-19-41(37)33-44)45-30-27-40(28-31-45)50-48-24-10-9-18-39(48)29-32-49(50)38-16-5-2-6-17-38/h1-35H. The second-order valence-corrected chi connectivity index (χ2v) is 13.0. The molecule has 0 atom stereocenters. The minimum Gasteiger partial charge on any atom is -0.310 e. The van der Waals surface area contributed by atoms with Crippen LogP contribution in [0, 0.1) is 0 Å². The van der Waals surface area contributed by atoms with Crippen molar-refractivity contribution in [2.75, 3.05) is 4.90 Å². The SMILES string of the molecule is c1ccc(-c2cccc(N(c3ccc(-c4c(-c5ccccc5)ccc5ccccc45)cc3)c3cccc(-c4ccc5ccccc5c4)c3)c2)cc1. The van der Waals surface area contributed by atoms with Gasteiger partial charge in [0.1, 0.15) is 0 Å². The van der Waals surface area contributed by atoms with E-state index in [0.717, 1.165) is 17.1 Å². The lowest BCUT2D eigenvalue weighted by atomic mass is 9.89. The molecular formula is C50H35N. The molecule has 1 heteroatoms. The van der Waals surface area contributed by atoms with Crippen molar-refractivity contribution in [3.63, 3.8) is 0 Å². The third-order valence-electron chi connectivity index (χ3n) is 9.83. The zero-order valence-corrected chi connectivity index (χ0v) is 28.2. The molecule has 0 aliphatic rings. The fourth-order valence-corrected chi connectivity index (χ4v) is 7.31. The maximum atomic E-state index is 2.38. The number of nitrogens with zero attached hydrogens (tertiary/aromatic N) is 1. The molecule has 0 aliphatic carbocycles. The lowest BCUT2D eigenvalue weighted by molar-refractivity contribution is 1.28. The van der Waals surface area contributed by atoms with E-state index in [1.54, 1.807) is 0 Å². The third kappa shape index (κ3) is 5.96. The molecular weight excluding hydrogens is 615 g/mol. The summed E-state index contributed by atoms with van der Waals surface area (Å²) in [5.74, 6) is 0. The Morgan fingerprint density at radius 3 is 1.47 bits per heavy atom. The highest BCUT2D eigenvalue weighted by Crippen LogP contribution is 2.42. The maximum absolute atomic E-state index is 2.38. The first kappa shape index (κ1) is 30.4. The van der Waals surface area contributed by atoms with Crippen molar-refractivity contribution in [3.8, 4) is 44.5 Å². The van der Waals surface area contributed by atoms with Gasteiger partial charge in [0.2, 0.25) is 0 Å². The fraction of sp³-hybridized carbons (Fsp3) is 0. The van der Waals surface area contributed by atoms with Crippen LogP contribution in [0.15, 0.2) is 212 Å². The summed E-state index contributed by atoms with van der Waals surface area (Å²) in [7, 11) is 0. The topological polar surface area (TPSA) is 3.24 Å². The Morgan fingerprint density at radius 1 is 0.255 bits per heavy atom. The summed E-state index contributed by atoms with van der Waals surface area (Å²) in [5.41, 5.74) is 13.0. The minimum absolute atomic E-state index is 1.10. The van der Waals surface area contributed by atoms with Gasteiger partial charge < -0.3 is 4.90 Å². The van der Waals surface area contributed by atoms with Crippen LogP contribution < -0.4 is 4.90 Å². The molecule has 240 valence electrons. The summed E-state index contributed by atoms with van der Waals surface area (Å²) in [4.78, 5) is 2.38. The van der Waals surface area contributed by atoms with E-state index in [1.807, 2.05) is 0 Å². The molecule has 0 heterocycles. The Kier molecular flexibility index (Phi) is 7.92. The summed E-state index contributed by atoms with van der Waals surface area (Å²) in [6.07, 6.45) is 0. The molecule has 0 bridgehead atoms. The van der Waals surface area contributed by atoms with Gasteiger partial charge in [0, 0.05) is 17.1 Å². The van der Waals surface area contributed by atoms with Crippen molar-refractivity contribution < 1.29 is 0 Å². The van der Waals surface area contributed by atoms with Gasteiger partial charge in [-0.1, -0.05) is 170 Å². The van der Waals surface area contributed by atoms with Gasteiger partial charge in [-0.05, 0) is 109 Å². The smallest absolute Gasteiger partial charge is 0.0467 e. The Morgan fingerprint density at radius 2 is 0.765 bits per heavy atom. The van der Waals surface area contributed by atoms with Crippen molar-refractivity contribution in [3.05, 3.63) is 212 Å². The number of fused-ring (bicyclic) bond motifs is 2. The van der Waals surface area contributed by atoms with E-state index in [1.165, 1.54) is 66.1 Å². The summed E-state index contributed by atoms with van der Waals surface area (Å²) < 4.78 is 0. The number of benzene rings is 9. The first-order valence-corrected chi connectivity index (χ1v) is 17.5. The Balaban J connectivity index is 1.19. The average Bonchev–Trinajstić information content (AvgIpc) is 3.21. The number of rotatable bonds is 7. The van der Waals surface area contributed by atoms with Crippen LogP contribution in [0.3, 0.4) is 0 Å². The summed E-state index contributed by atoms with van der Waals surface area (Å²) in [5, 5.41) is 4.98. The van der Waals surface area contributed by atoms with Gasteiger partial charge in [-0.3, -0.25) is 0 Å². The Labute approximate surface area is 299 Å². The second kappa shape index (κ2) is 13.3. The van der Waals surface area contributed by atoms with Crippen LogP contribution in [0.25, 0.3) is 66.1 Å². The Hall–Kier alpha value is -6.70. The van der Waals surface area contributed by atoms with Crippen LogP contribution in [-0.4, -0.2) is 0 Å². The van der Waals surface area contributed by atoms with Crippen LogP contribution >= 0.6 is 0 Å². The van der Waals surface area contributed by atoms with Crippen molar-refractivity contribution >= 4 is 38.6 Å². The Bertz CT molecular complexity index is 2620. The molecule has 0 N–H and O–H groups in total. The molecule has 0 radical (unpaired) electrons. The quantitative estimate of drug-likeness (QED) is 0.166. The molecule has 51 heavy (non-hydrogen) atoms. The van der Waals surface area contributed by atoms with Gasteiger partial charge in [-0.2, -0.15) is 0 Å². The van der Waals surface area contributed by atoms with Crippen molar-refractivity contribution in [2.45, 2.75) is 0 Å². The molecule has 0 saturated carbocycles. The monoisotopic (exact) mass is 649 g/mol. The molecule has 9 aromatic rings. The molecule has 0 saturated heterocycles. The molecule has 9 rings (SSSR count). The van der Waals surface area contributed by atoms with E-state index < -0.39 is 0 Å². The predicted molar refractivity (Wildman–Crippen MR) is 218 cm³/mol. The number of anilines is 3. The van der Waals surface area contributed by atoms with Gasteiger partial charge in [-0.15, -0.1) is 0 Å². The highest BCUT2D eigenvalue weighted by molar-refractivity contribution is 6.04. The number of hydrogen-bond donors (Lipinski definition) is 0.